The van der Waals surface area contributed by atoms with Gasteiger partial charge in [-0.25, -0.2) is 4.79 Å². The predicted octanol–water partition coefficient (Wildman–Crippen LogP) is 3.55. The lowest BCUT2D eigenvalue weighted by Gasteiger charge is -2.09. The highest BCUT2D eigenvalue weighted by Gasteiger charge is 2.38. The van der Waals surface area contributed by atoms with Gasteiger partial charge in [-0.15, -0.1) is 0 Å². The number of carbonyl (C=O) groups is 2. The Bertz CT molecular complexity index is 691. The van der Waals surface area contributed by atoms with Crippen molar-refractivity contribution >= 4 is 17.6 Å². The zero-order valence-electron chi connectivity index (χ0n) is 11.0. The van der Waals surface area contributed by atoms with Crippen LogP contribution in [0.5, 0.6) is 0 Å². The van der Waals surface area contributed by atoms with E-state index in [1.54, 1.807) is 17.4 Å². The van der Waals surface area contributed by atoms with Crippen LogP contribution < -0.4 is 5.32 Å². The fraction of sp³-hybridized carbons (Fsp3) is 0.0667. The molecule has 0 bridgehead atoms. The van der Waals surface area contributed by atoms with Crippen molar-refractivity contribution in [1.29, 1.82) is 0 Å². The van der Waals surface area contributed by atoms with Gasteiger partial charge >= 0.3 is 18.1 Å². The van der Waals surface area contributed by atoms with E-state index in [4.69, 9.17) is 5.11 Å². The van der Waals surface area contributed by atoms with E-state index < -0.39 is 18.1 Å². The summed E-state index contributed by atoms with van der Waals surface area (Å²) >= 11 is 0. The molecule has 1 amide bonds. The van der Waals surface area contributed by atoms with Crippen molar-refractivity contribution in [2.75, 3.05) is 5.32 Å². The number of anilines is 1. The molecule has 2 rings (SSSR count). The highest BCUT2D eigenvalue weighted by Crippen LogP contribution is 2.23. The molecule has 0 unspecified atom stereocenters. The number of nitrogens with one attached hydrogen (secondary N) is 1. The predicted molar refractivity (Wildman–Crippen MR) is 73.5 cm³/mol. The molecule has 0 aliphatic rings. The smallest absolute Gasteiger partial charge is 0.471 e. The van der Waals surface area contributed by atoms with E-state index in [0.29, 0.717) is 11.1 Å². The molecule has 22 heavy (non-hydrogen) atoms. The van der Waals surface area contributed by atoms with Gasteiger partial charge in [0.25, 0.3) is 0 Å². The van der Waals surface area contributed by atoms with Crippen LogP contribution in [0.15, 0.2) is 48.5 Å². The van der Waals surface area contributed by atoms with Crippen LogP contribution in [0.4, 0.5) is 18.9 Å². The summed E-state index contributed by atoms with van der Waals surface area (Å²) in [6, 6.07) is 11.8. The normalized spacial score (nSPS) is 11.0. The molecule has 114 valence electrons. The minimum Gasteiger partial charge on any atom is -0.478 e. The Hall–Kier alpha value is -2.83. The fourth-order valence-corrected chi connectivity index (χ4v) is 1.75. The van der Waals surface area contributed by atoms with E-state index in [9.17, 15) is 22.8 Å². The second kappa shape index (κ2) is 5.88. The van der Waals surface area contributed by atoms with Crippen LogP contribution in [0, 0.1) is 0 Å². The first-order chi connectivity index (χ1) is 10.3. The third-order valence-corrected chi connectivity index (χ3v) is 2.87. The van der Waals surface area contributed by atoms with Gasteiger partial charge in [0.1, 0.15) is 0 Å². The Morgan fingerprint density at radius 3 is 1.73 bits per heavy atom. The van der Waals surface area contributed by atoms with Crippen LogP contribution in [0.3, 0.4) is 0 Å². The summed E-state index contributed by atoms with van der Waals surface area (Å²) in [7, 11) is 0. The van der Waals surface area contributed by atoms with Crippen molar-refractivity contribution < 1.29 is 27.9 Å². The molecule has 7 heteroatoms. The van der Waals surface area contributed by atoms with E-state index in [1.807, 2.05) is 0 Å². The van der Waals surface area contributed by atoms with Crippen LogP contribution in [-0.2, 0) is 4.79 Å². The Balaban J connectivity index is 2.15. The van der Waals surface area contributed by atoms with Crippen molar-refractivity contribution in [1.82, 2.24) is 0 Å². The number of hydrogen-bond donors (Lipinski definition) is 2. The van der Waals surface area contributed by atoms with Gasteiger partial charge in [-0.05, 0) is 35.4 Å². The van der Waals surface area contributed by atoms with Crippen LogP contribution in [0.2, 0.25) is 0 Å². The van der Waals surface area contributed by atoms with E-state index in [-0.39, 0.29) is 11.3 Å². The summed E-state index contributed by atoms with van der Waals surface area (Å²) in [5, 5.41) is 10.5. The quantitative estimate of drug-likeness (QED) is 0.911. The topological polar surface area (TPSA) is 66.4 Å². The van der Waals surface area contributed by atoms with Crippen molar-refractivity contribution in [2.45, 2.75) is 6.18 Å². The molecule has 0 radical (unpaired) electrons. The van der Waals surface area contributed by atoms with E-state index in [2.05, 4.69) is 0 Å². The molecule has 0 saturated carbocycles. The van der Waals surface area contributed by atoms with Crippen LogP contribution >= 0.6 is 0 Å². The maximum absolute atomic E-state index is 12.1. The first-order valence-electron chi connectivity index (χ1n) is 6.09. The minimum absolute atomic E-state index is 0.0215. The average Bonchev–Trinajstić information content (AvgIpc) is 2.47. The average molecular weight is 309 g/mol. The van der Waals surface area contributed by atoms with E-state index in [1.165, 1.54) is 36.4 Å². The molecule has 0 aromatic heterocycles. The molecular formula is C15H10F3NO3. The van der Waals surface area contributed by atoms with Gasteiger partial charge in [0.05, 0.1) is 5.56 Å². The molecule has 0 saturated heterocycles. The summed E-state index contributed by atoms with van der Waals surface area (Å²) in [6.07, 6.45) is -4.94. The molecule has 4 nitrogen and oxygen atoms in total. The van der Waals surface area contributed by atoms with Gasteiger partial charge < -0.3 is 10.4 Å². The Morgan fingerprint density at radius 1 is 0.864 bits per heavy atom. The van der Waals surface area contributed by atoms with Gasteiger partial charge in [0, 0.05) is 5.69 Å². The molecule has 2 N–H and O–H groups in total. The molecule has 0 aliphatic heterocycles. The van der Waals surface area contributed by atoms with Crippen LogP contribution in [-0.4, -0.2) is 23.2 Å². The number of carboxylic acid groups (broad SMARTS) is 1. The fourth-order valence-electron chi connectivity index (χ4n) is 1.75. The number of carbonyl (C=O) groups excluding carboxylic acids is 1. The van der Waals surface area contributed by atoms with Crippen LogP contribution in [0.25, 0.3) is 11.1 Å². The number of amides is 1. The first kappa shape index (κ1) is 15.6. The van der Waals surface area contributed by atoms with Gasteiger partial charge in [-0.1, -0.05) is 24.3 Å². The first-order valence-corrected chi connectivity index (χ1v) is 6.09. The highest BCUT2D eigenvalue weighted by molar-refractivity contribution is 5.95. The summed E-state index contributed by atoms with van der Waals surface area (Å²) in [5.41, 5.74) is 1.55. The van der Waals surface area contributed by atoms with Crippen LogP contribution in [0.1, 0.15) is 10.4 Å². The number of benzene rings is 2. The van der Waals surface area contributed by atoms with E-state index in [0.717, 1.165) is 0 Å². The zero-order chi connectivity index (χ0) is 16.3. The molecule has 0 fully saturated rings. The monoisotopic (exact) mass is 309 g/mol. The largest absolute Gasteiger partial charge is 0.478 e. The number of carboxylic acids is 1. The lowest BCUT2D eigenvalue weighted by atomic mass is 10.0. The molecule has 2 aromatic rings. The molecule has 0 atom stereocenters. The second-order valence-corrected chi connectivity index (χ2v) is 4.41. The number of aromatic carboxylic acids is 1. The molecule has 0 heterocycles. The summed E-state index contributed by atoms with van der Waals surface area (Å²) < 4.78 is 36.4. The maximum atomic E-state index is 12.1. The van der Waals surface area contributed by atoms with Gasteiger partial charge in [0.15, 0.2) is 0 Å². The highest BCUT2D eigenvalue weighted by atomic mass is 19.4. The zero-order valence-corrected chi connectivity index (χ0v) is 11.0. The maximum Gasteiger partial charge on any atom is 0.471 e. The molecular weight excluding hydrogens is 299 g/mol. The lowest BCUT2D eigenvalue weighted by Crippen LogP contribution is -2.29. The number of alkyl halides is 3. The van der Waals surface area contributed by atoms with Crippen molar-refractivity contribution in [3.63, 3.8) is 0 Å². The summed E-state index contributed by atoms with van der Waals surface area (Å²) in [6.45, 7) is 0. The van der Waals surface area contributed by atoms with Gasteiger partial charge in [-0.2, -0.15) is 13.2 Å². The second-order valence-electron chi connectivity index (χ2n) is 4.41. The molecule has 0 aliphatic carbocycles. The number of hydrogen-bond acceptors (Lipinski definition) is 2. The van der Waals surface area contributed by atoms with Gasteiger partial charge in [-0.3, -0.25) is 4.79 Å². The van der Waals surface area contributed by atoms with Gasteiger partial charge in [0.2, 0.25) is 0 Å². The third kappa shape index (κ3) is 3.63. The van der Waals surface area contributed by atoms with Crippen molar-refractivity contribution in [2.24, 2.45) is 0 Å². The molecule has 0 spiro atoms. The Kier molecular flexibility index (Phi) is 4.16. The number of rotatable bonds is 3. The van der Waals surface area contributed by atoms with E-state index >= 15 is 0 Å². The lowest BCUT2D eigenvalue weighted by molar-refractivity contribution is -0.167. The van der Waals surface area contributed by atoms with Crippen molar-refractivity contribution in [3.8, 4) is 11.1 Å². The third-order valence-electron chi connectivity index (χ3n) is 2.87. The summed E-state index contributed by atoms with van der Waals surface area (Å²) in [5.74, 6) is -3.08. The Labute approximate surface area is 123 Å². The van der Waals surface area contributed by atoms with Crippen molar-refractivity contribution in [3.05, 3.63) is 54.1 Å². The number of halogens is 3. The summed E-state index contributed by atoms with van der Waals surface area (Å²) in [4.78, 5) is 21.5. The standard InChI is InChI=1S/C15H10F3NO3/c16-15(17,18)14(22)19-12-7-5-10(6-8-12)9-1-3-11(4-2-9)13(20)21/h1-8H,(H,19,22)(H,20,21). The Morgan fingerprint density at radius 2 is 1.32 bits per heavy atom. The molecule has 2 aromatic carbocycles. The minimum atomic E-state index is -4.94. The SMILES string of the molecule is O=C(O)c1ccc(-c2ccc(NC(=O)C(F)(F)F)cc2)cc1.